The fraction of sp³-hybridized carbons (Fsp3) is 0.296. The third-order valence-corrected chi connectivity index (χ3v) is 24.1. The molecule has 1 aliphatic rings. The number of aryl methyl sites for hydroxylation is 4. The molecule has 36 nitrogen and oxygen atoms in total. The zero-order valence-corrected chi connectivity index (χ0v) is 79.7. The van der Waals surface area contributed by atoms with Crippen LogP contribution in [0.15, 0.2) is 225 Å². The van der Waals surface area contributed by atoms with Crippen LogP contribution in [0.1, 0.15) is 20.8 Å². The van der Waals surface area contributed by atoms with Crippen LogP contribution in [-0.2, 0) is 47.7 Å². The number of benzene rings is 8. The number of ether oxygens (including phenoxy) is 10. The summed E-state index contributed by atoms with van der Waals surface area (Å²) in [6.45, 7) is 9.20. The van der Waals surface area contributed by atoms with E-state index in [0.29, 0.717) is 87.8 Å². The quantitative estimate of drug-likeness (QED) is 0.0142. The van der Waals surface area contributed by atoms with Gasteiger partial charge in [-0.25, -0.2) is 41.9 Å². The fourth-order valence-electron chi connectivity index (χ4n) is 15.0. The first kappa shape index (κ1) is 97.7. The van der Waals surface area contributed by atoms with Gasteiger partial charge in [-0.1, -0.05) is 12.1 Å². The third kappa shape index (κ3) is 24.6. The molecule has 1 aliphatic heterocycles. The molecule has 714 valence electrons. The molecule has 0 atom stereocenters. The van der Waals surface area contributed by atoms with E-state index < -0.39 is 21.7 Å². The number of halogens is 2. The molecule has 16 aromatic rings. The molecule has 0 amide bonds. The summed E-state index contributed by atoms with van der Waals surface area (Å²) in [5.41, 5.74) is 19.9. The van der Waals surface area contributed by atoms with Crippen molar-refractivity contribution in [3.05, 3.63) is 220 Å². The minimum absolute atomic E-state index is 0.0501. The lowest BCUT2D eigenvalue weighted by Crippen LogP contribution is -2.47. The van der Waals surface area contributed by atoms with Crippen LogP contribution in [0.5, 0.6) is 46.0 Å². The first-order chi connectivity index (χ1) is 66.2. The number of nitrogens with zero attached hydrogens (tertiary/aromatic N) is 21. The Kier molecular flexibility index (Phi) is 31.9. The molecule has 8 aromatic heterocycles. The minimum atomic E-state index is -3.41. The van der Waals surface area contributed by atoms with E-state index in [1.165, 1.54) is 0 Å². The van der Waals surface area contributed by atoms with Gasteiger partial charge in [0.15, 0.2) is 0 Å². The van der Waals surface area contributed by atoms with Crippen LogP contribution >= 0.6 is 0 Å². The van der Waals surface area contributed by atoms with Gasteiger partial charge in [0.25, 0.3) is 6.43 Å². The van der Waals surface area contributed by atoms with E-state index in [1.54, 1.807) is 164 Å². The number of fused-ring (bicyclic) bond motifs is 4. The van der Waals surface area contributed by atoms with Crippen molar-refractivity contribution in [1.29, 1.82) is 0 Å². The predicted molar refractivity (Wildman–Crippen MR) is 524 cm³/mol. The maximum absolute atomic E-state index is 12.6. The number of nitrogens with one attached hydrogen (secondary N) is 2. The number of sulfonamides is 1. The van der Waals surface area contributed by atoms with E-state index in [9.17, 15) is 22.4 Å². The first-order valence-corrected chi connectivity index (χ1v) is 45.0. The summed E-state index contributed by atoms with van der Waals surface area (Å²) < 4.78 is 114. The monoisotopic (exact) mass is 1890 g/mol. The highest BCUT2D eigenvalue weighted by Gasteiger charge is 2.37. The highest BCUT2D eigenvalue weighted by atomic mass is 32.2. The number of hydrogen-bond acceptors (Lipinski definition) is 31. The molecule has 0 unspecified atom stereocenters. The molecule has 1 saturated heterocycles. The summed E-state index contributed by atoms with van der Waals surface area (Å²) in [6.07, 6.45) is 19.2. The van der Waals surface area contributed by atoms with E-state index in [0.717, 1.165) is 138 Å². The summed E-state index contributed by atoms with van der Waals surface area (Å²) in [6, 6.07) is 46.0. The Morgan fingerprint density at radius 1 is 0.423 bits per heavy atom. The van der Waals surface area contributed by atoms with E-state index in [1.807, 2.05) is 183 Å². The Labute approximate surface area is 791 Å². The normalized spacial score (nSPS) is 12.3. The average molecular weight is 1890 g/mol. The summed E-state index contributed by atoms with van der Waals surface area (Å²) >= 11 is 0. The maximum Gasteiger partial charge on any atom is 0.250 e. The number of anilines is 8. The SMILES string of the molecule is COC/C(CN(c1cc(OC)cc(OC)c1)c1ccc2ncc(-c3cnn(C)c3)nc2c1)=N/O.COc1cc(OC)cc(N(CC2(C)COC2)c2ccc3ncc(-c4cnn(C)c4)nc3c2)c1.COc1cc(OC)cc(N(CCNCC(F)F)c2ccc3ncc(-c4cnn(C)c4)nc3c2)c1.COc1cc(OC)cc(N(CCNS(=O)(=O)C(C)C)c2ccc3ncc(-c4cnn(C)c4)nc3c2)c1. The van der Waals surface area contributed by atoms with Gasteiger partial charge in [0.05, 0.1) is 212 Å². The van der Waals surface area contributed by atoms with Crippen molar-refractivity contribution >= 4 is 105 Å². The molecule has 9 heterocycles. The Balaban J connectivity index is 0.000000146. The van der Waals surface area contributed by atoms with Gasteiger partial charge in [-0.3, -0.25) is 38.7 Å². The topological polar surface area (TPSA) is 370 Å². The van der Waals surface area contributed by atoms with Crippen LogP contribution < -0.4 is 67.5 Å². The van der Waals surface area contributed by atoms with Crippen LogP contribution in [0.25, 0.3) is 89.2 Å². The van der Waals surface area contributed by atoms with Gasteiger partial charge in [0.1, 0.15) is 51.7 Å². The molecule has 39 heteroatoms. The molecule has 137 heavy (non-hydrogen) atoms. The van der Waals surface area contributed by atoms with Crippen LogP contribution in [-0.4, -0.2) is 240 Å². The van der Waals surface area contributed by atoms with E-state index in [-0.39, 0.29) is 31.7 Å². The van der Waals surface area contributed by atoms with Gasteiger partial charge in [-0.2, -0.15) is 20.4 Å². The fourth-order valence-corrected chi connectivity index (χ4v) is 15.7. The lowest BCUT2D eigenvalue weighted by molar-refractivity contribution is -0.0946. The Morgan fingerprint density at radius 2 is 0.723 bits per heavy atom. The highest BCUT2D eigenvalue weighted by Crippen LogP contribution is 2.42. The number of alkyl halides is 2. The smallest absolute Gasteiger partial charge is 0.250 e. The van der Waals surface area contributed by atoms with Gasteiger partial charge in [-0.15, -0.1) is 0 Å². The average Bonchev–Trinajstić information content (AvgIpc) is 1.44. The van der Waals surface area contributed by atoms with Crippen molar-refractivity contribution < 1.29 is 69.8 Å². The van der Waals surface area contributed by atoms with Gasteiger partial charge in [0, 0.05) is 239 Å². The third-order valence-electron chi connectivity index (χ3n) is 22.2. The standard InChI is InChI=1S/C25H30N6O4S.C25H27N5O3.C24H26F2N6O2.C24H26N6O4/c1-17(2)36(32,33)28-8-9-31(20-10-21(34-4)13-22(11-20)35-5)19-6-7-23-24(12-19)29-25(15-26-23)18-14-27-30(3)16-18;1-25(15-33-16-25)14-30(19-7-20(31-3)10-21(8-19)32-4)18-5-6-22-23(9-18)28-24(12-26-22)17-11-27-29(2)13-17;1-31-15-16(12-29-31)23-13-28-21-5-4-17(10-22(21)30-23)32(7-6-27-14-24(25)26)18-8-19(33-2)11-20(9-18)34-3;1-29-13-16(11-26-29)24-12-25-22-6-5-18(9-23(22)27-24)30(14-17(28-31)15-32-2)19-7-20(33-3)10-21(8-19)34-4/h6-7,10-17,28H,8-9H2,1-5H3;5-13H,14-16H2,1-4H3;4-5,8-13,15,24,27H,6-7,14H2,1-3H3;5-13,31H,14-15H2,1-4H3/b;;;28-17+. The molecule has 1 fully saturated rings. The van der Waals surface area contributed by atoms with Crippen LogP contribution in [0.2, 0.25) is 0 Å². The molecule has 0 radical (unpaired) electrons. The summed E-state index contributed by atoms with van der Waals surface area (Å²) in [7, 11) is 18.4. The van der Waals surface area contributed by atoms with Crippen LogP contribution in [0.4, 0.5) is 54.3 Å². The van der Waals surface area contributed by atoms with Crippen molar-refractivity contribution in [2.75, 3.05) is 149 Å². The minimum Gasteiger partial charge on any atom is -0.497 e. The second-order valence-electron chi connectivity index (χ2n) is 32.6. The summed E-state index contributed by atoms with van der Waals surface area (Å²) in [5.74, 6) is 5.24. The van der Waals surface area contributed by atoms with E-state index >= 15 is 0 Å². The predicted octanol–water partition coefficient (Wildman–Crippen LogP) is 15.4. The van der Waals surface area contributed by atoms with Crippen LogP contribution in [0.3, 0.4) is 0 Å². The van der Waals surface area contributed by atoms with Gasteiger partial charge in [-0.05, 0) is 86.6 Å². The largest absolute Gasteiger partial charge is 0.497 e. The van der Waals surface area contributed by atoms with E-state index in [4.69, 9.17) is 67.3 Å². The second-order valence-corrected chi connectivity index (χ2v) is 34.9. The lowest BCUT2D eigenvalue weighted by atomic mass is 9.87. The van der Waals surface area contributed by atoms with Crippen molar-refractivity contribution in [1.82, 2.24) is 89.0 Å². The Hall–Kier alpha value is -15.3. The van der Waals surface area contributed by atoms with E-state index in [2.05, 4.69) is 79.5 Å². The number of hydrogen-bond donors (Lipinski definition) is 3. The summed E-state index contributed by atoms with van der Waals surface area (Å²) in [5, 5.41) is 32.1. The molecule has 0 aliphatic carbocycles. The Morgan fingerprint density at radius 3 is 0.993 bits per heavy atom. The van der Waals surface area contributed by atoms with Gasteiger partial charge >= 0.3 is 0 Å². The van der Waals surface area contributed by atoms with Crippen molar-refractivity contribution in [3.63, 3.8) is 0 Å². The number of rotatable bonds is 36. The molecule has 0 spiro atoms. The summed E-state index contributed by atoms with van der Waals surface area (Å²) in [4.78, 5) is 45.8. The zero-order valence-electron chi connectivity index (χ0n) is 78.9. The molecule has 17 rings (SSSR count). The number of oxime groups is 1. The van der Waals surface area contributed by atoms with Crippen molar-refractivity contribution in [3.8, 4) is 91.0 Å². The first-order valence-electron chi connectivity index (χ1n) is 43.5. The maximum atomic E-state index is 12.6. The van der Waals surface area contributed by atoms with Gasteiger partial charge in [0.2, 0.25) is 10.0 Å². The van der Waals surface area contributed by atoms with Crippen molar-refractivity contribution in [2.45, 2.75) is 32.4 Å². The lowest BCUT2D eigenvalue weighted by Gasteiger charge is -2.42. The number of aromatic nitrogens is 16. The Bertz CT molecular complexity index is 6910. The van der Waals surface area contributed by atoms with Crippen LogP contribution in [0, 0.1) is 5.41 Å². The van der Waals surface area contributed by atoms with Gasteiger partial charge < -0.3 is 77.5 Å². The molecular formula is C98H109F2N23O13S. The second kappa shape index (κ2) is 44.7. The molecular weight excluding hydrogens is 1780 g/mol. The molecule has 0 saturated carbocycles. The number of methoxy groups -OCH3 is 9. The zero-order chi connectivity index (χ0) is 97.0. The molecule has 0 bridgehead atoms. The molecule has 3 N–H and O–H groups in total. The van der Waals surface area contributed by atoms with Crippen molar-refractivity contribution in [2.24, 2.45) is 38.8 Å². The molecule has 8 aromatic carbocycles. The highest BCUT2D eigenvalue weighted by molar-refractivity contribution is 7.90.